The third-order valence-electron chi connectivity index (χ3n) is 3.99. The topological polar surface area (TPSA) is 26.0 Å². The minimum absolute atomic E-state index is 0.656. The fourth-order valence-electron chi connectivity index (χ4n) is 2.74. The average molecular weight is 311 g/mol. The molecule has 0 saturated heterocycles. The predicted octanol–water partition coefficient (Wildman–Crippen LogP) is 5.97. The van der Waals surface area contributed by atoms with Crippen LogP contribution in [0.15, 0.2) is 77.2 Å². The summed E-state index contributed by atoms with van der Waals surface area (Å²) in [7, 11) is 0. The lowest BCUT2D eigenvalue weighted by Crippen LogP contribution is -1.82. The Balaban J connectivity index is 1.76. The fourth-order valence-corrected chi connectivity index (χ4v) is 2.74. The van der Waals surface area contributed by atoms with E-state index in [2.05, 4.69) is 42.3 Å². The maximum absolute atomic E-state index is 5.96. The van der Waals surface area contributed by atoms with Crippen LogP contribution in [-0.4, -0.2) is 4.98 Å². The summed E-state index contributed by atoms with van der Waals surface area (Å²) in [6, 6.07) is 24.5. The van der Waals surface area contributed by atoms with Gasteiger partial charge in [-0.1, -0.05) is 66.7 Å². The van der Waals surface area contributed by atoms with Crippen molar-refractivity contribution in [2.45, 2.75) is 6.92 Å². The standard InChI is InChI=1S/C22H17NO/c1-16-11-14-21-20(15-16)23-22(24-21)19-10-6-5-9-18(19)13-12-17-7-3-2-4-8-17/h2-15H,1H3/b13-12+. The molecule has 4 aromatic rings. The lowest BCUT2D eigenvalue weighted by Gasteiger charge is -2.01. The molecule has 0 spiro atoms. The lowest BCUT2D eigenvalue weighted by molar-refractivity contribution is 0.619. The van der Waals surface area contributed by atoms with Crippen LogP contribution in [0.4, 0.5) is 0 Å². The molecule has 116 valence electrons. The molecule has 0 bridgehead atoms. The Morgan fingerprint density at radius 3 is 2.50 bits per heavy atom. The summed E-state index contributed by atoms with van der Waals surface area (Å²) >= 11 is 0. The molecule has 0 atom stereocenters. The Morgan fingerprint density at radius 1 is 0.833 bits per heavy atom. The highest BCUT2D eigenvalue weighted by Gasteiger charge is 2.10. The molecule has 2 heteroatoms. The second kappa shape index (κ2) is 6.17. The number of nitrogens with zero attached hydrogens (tertiary/aromatic N) is 1. The highest BCUT2D eigenvalue weighted by atomic mass is 16.3. The molecule has 0 radical (unpaired) electrons. The Morgan fingerprint density at radius 2 is 1.62 bits per heavy atom. The van der Waals surface area contributed by atoms with E-state index in [1.807, 2.05) is 54.6 Å². The molecular formula is C22H17NO. The van der Waals surface area contributed by atoms with Crippen molar-refractivity contribution >= 4 is 23.3 Å². The van der Waals surface area contributed by atoms with Gasteiger partial charge in [0, 0.05) is 5.56 Å². The zero-order chi connectivity index (χ0) is 16.4. The first kappa shape index (κ1) is 14.5. The number of aromatic nitrogens is 1. The van der Waals surface area contributed by atoms with E-state index in [1.54, 1.807) is 0 Å². The largest absolute Gasteiger partial charge is 0.436 e. The van der Waals surface area contributed by atoms with Gasteiger partial charge in [0.1, 0.15) is 5.52 Å². The molecule has 0 unspecified atom stereocenters. The van der Waals surface area contributed by atoms with Crippen LogP contribution in [0.5, 0.6) is 0 Å². The number of rotatable bonds is 3. The number of hydrogen-bond donors (Lipinski definition) is 0. The van der Waals surface area contributed by atoms with Crippen molar-refractivity contribution in [2.24, 2.45) is 0 Å². The fraction of sp³-hybridized carbons (Fsp3) is 0.0455. The van der Waals surface area contributed by atoms with Gasteiger partial charge in [0.05, 0.1) is 0 Å². The highest BCUT2D eigenvalue weighted by Crippen LogP contribution is 2.28. The normalized spacial score (nSPS) is 11.4. The van der Waals surface area contributed by atoms with Crippen molar-refractivity contribution in [2.75, 3.05) is 0 Å². The molecule has 0 N–H and O–H groups in total. The van der Waals surface area contributed by atoms with Gasteiger partial charge in [-0.3, -0.25) is 0 Å². The summed E-state index contributed by atoms with van der Waals surface area (Å²) in [4.78, 5) is 4.66. The third kappa shape index (κ3) is 2.86. The van der Waals surface area contributed by atoms with Crippen LogP contribution in [-0.2, 0) is 0 Å². The summed E-state index contributed by atoms with van der Waals surface area (Å²) in [5.74, 6) is 0.656. The van der Waals surface area contributed by atoms with Crippen LogP contribution >= 0.6 is 0 Å². The van der Waals surface area contributed by atoms with Gasteiger partial charge in [-0.05, 0) is 41.8 Å². The zero-order valence-corrected chi connectivity index (χ0v) is 13.4. The van der Waals surface area contributed by atoms with Gasteiger partial charge in [-0.25, -0.2) is 4.98 Å². The molecule has 0 saturated carbocycles. The first-order valence-corrected chi connectivity index (χ1v) is 7.99. The Bertz CT molecular complexity index is 1010. The number of oxazole rings is 1. The van der Waals surface area contributed by atoms with E-state index in [0.29, 0.717) is 5.89 Å². The molecule has 0 fully saturated rings. The predicted molar refractivity (Wildman–Crippen MR) is 99.6 cm³/mol. The minimum atomic E-state index is 0.656. The SMILES string of the molecule is Cc1ccc2oc(-c3ccccc3/C=C/c3ccccc3)nc2c1. The van der Waals surface area contributed by atoms with Crippen molar-refractivity contribution < 1.29 is 4.42 Å². The quantitative estimate of drug-likeness (QED) is 0.435. The van der Waals surface area contributed by atoms with E-state index >= 15 is 0 Å². The molecule has 1 heterocycles. The maximum atomic E-state index is 5.96. The number of aryl methyl sites for hydroxylation is 1. The van der Waals surface area contributed by atoms with Crippen molar-refractivity contribution in [3.63, 3.8) is 0 Å². The molecule has 1 aromatic heterocycles. The molecular weight excluding hydrogens is 294 g/mol. The number of fused-ring (bicyclic) bond motifs is 1. The monoisotopic (exact) mass is 311 g/mol. The number of benzene rings is 3. The molecule has 0 aliphatic heterocycles. The first-order valence-electron chi connectivity index (χ1n) is 7.99. The van der Waals surface area contributed by atoms with Crippen molar-refractivity contribution in [1.29, 1.82) is 0 Å². The summed E-state index contributed by atoms with van der Waals surface area (Å²) in [5.41, 5.74) is 6.15. The summed E-state index contributed by atoms with van der Waals surface area (Å²) < 4.78 is 5.96. The summed E-state index contributed by atoms with van der Waals surface area (Å²) in [5, 5.41) is 0. The van der Waals surface area contributed by atoms with E-state index < -0.39 is 0 Å². The van der Waals surface area contributed by atoms with Gasteiger partial charge in [0.2, 0.25) is 5.89 Å². The van der Waals surface area contributed by atoms with Crippen molar-refractivity contribution in [3.05, 3.63) is 89.5 Å². The van der Waals surface area contributed by atoms with Gasteiger partial charge >= 0.3 is 0 Å². The molecule has 0 aliphatic carbocycles. The molecule has 24 heavy (non-hydrogen) atoms. The Kier molecular flexibility index (Phi) is 3.72. The second-order valence-electron chi connectivity index (χ2n) is 5.82. The maximum Gasteiger partial charge on any atom is 0.227 e. The number of hydrogen-bond acceptors (Lipinski definition) is 2. The molecule has 3 aromatic carbocycles. The summed E-state index contributed by atoms with van der Waals surface area (Å²) in [6.07, 6.45) is 4.20. The smallest absolute Gasteiger partial charge is 0.227 e. The van der Waals surface area contributed by atoms with E-state index in [1.165, 1.54) is 11.1 Å². The molecule has 0 aliphatic rings. The highest BCUT2D eigenvalue weighted by molar-refractivity contribution is 5.82. The van der Waals surface area contributed by atoms with Crippen LogP contribution in [0.25, 0.3) is 34.7 Å². The second-order valence-corrected chi connectivity index (χ2v) is 5.82. The van der Waals surface area contributed by atoms with Gasteiger partial charge in [0.25, 0.3) is 0 Å². The summed E-state index contributed by atoms with van der Waals surface area (Å²) in [6.45, 7) is 2.06. The van der Waals surface area contributed by atoms with Crippen LogP contribution in [0.1, 0.15) is 16.7 Å². The minimum Gasteiger partial charge on any atom is -0.436 e. The van der Waals surface area contributed by atoms with Crippen LogP contribution in [0, 0.1) is 6.92 Å². The zero-order valence-electron chi connectivity index (χ0n) is 13.4. The Labute approximate surface area is 141 Å². The van der Waals surface area contributed by atoms with E-state index in [9.17, 15) is 0 Å². The van der Waals surface area contributed by atoms with Crippen LogP contribution in [0.2, 0.25) is 0 Å². The van der Waals surface area contributed by atoms with Gasteiger partial charge in [-0.2, -0.15) is 0 Å². The van der Waals surface area contributed by atoms with E-state index in [0.717, 1.165) is 22.2 Å². The van der Waals surface area contributed by atoms with Crippen LogP contribution in [0.3, 0.4) is 0 Å². The van der Waals surface area contributed by atoms with Crippen molar-refractivity contribution in [1.82, 2.24) is 4.98 Å². The van der Waals surface area contributed by atoms with Gasteiger partial charge in [-0.15, -0.1) is 0 Å². The third-order valence-corrected chi connectivity index (χ3v) is 3.99. The van der Waals surface area contributed by atoms with Crippen LogP contribution < -0.4 is 0 Å². The van der Waals surface area contributed by atoms with Gasteiger partial charge in [0.15, 0.2) is 5.58 Å². The Hall–Kier alpha value is -3.13. The van der Waals surface area contributed by atoms with E-state index in [-0.39, 0.29) is 0 Å². The average Bonchev–Trinajstić information content (AvgIpc) is 3.04. The molecule has 2 nitrogen and oxygen atoms in total. The van der Waals surface area contributed by atoms with Gasteiger partial charge < -0.3 is 4.42 Å². The molecule has 0 amide bonds. The molecule has 4 rings (SSSR count). The lowest BCUT2D eigenvalue weighted by atomic mass is 10.1. The first-order chi connectivity index (χ1) is 11.8. The van der Waals surface area contributed by atoms with E-state index in [4.69, 9.17) is 4.42 Å². The van der Waals surface area contributed by atoms with Crippen molar-refractivity contribution in [3.8, 4) is 11.5 Å².